The zero-order valence-corrected chi connectivity index (χ0v) is 13.6. The number of nitrogens with one attached hydrogen (secondary N) is 1. The van der Waals surface area contributed by atoms with Crippen LogP contribution in [0.5, 0.6) is 11.5 Å². The van der Waals surface area contributed by atoms with Crippen molar-refractivity contribution in [2.75, 3.05) is 19.5 Å². The quantitative estimate of drug-likeness (QED) is 0.812. The number of amides is 1. The number of hydrogen-bond acceptors (Lipinski definition) is 5. The third-order valence-electron chi connectivity index (χ3n) is 4.17. The Morgan fingerprint density at radius 3 is 2.56 bits per heavy atom. The Kier molecular flexibility index (Phi) is 4.18. The fourth-order valence-electron chi connectivity index (χ4n) is 2.84. The highest BCUT2D eigenvalue weighted by Gasteiger charge is 2.47. The van der Waals surface area contributed by atoms with Gasteiger partial charge in [-0.15, -0.1) is 0 Å². The Morgan fingerprint density at radius 1 is 1.16 bits per heavy atom. The number of carbonyl (C=O) groups is 2. The average molecular weight is 345 g/mol. The van der Waals surface area contributed by atoms with Gasteiger partial charge in [0.1, 0.15) is 5.82 Å². The summed E-state index contributed by atoms with van der Waals surface area (Å²) >= 11 is 0. The first-order valence-electron chi connectivity index (χ1n) is 7.48. The Bertz CT molecular complexity index is 867. The van der Waals surface area contributed by atoms with E-state index in [0.29, 0.717) is 11.5 Å². The van der Waals surface area contributed by atoms with Gasteiger partial charge in [-0.25, -0.2) is 4.39 Å². The molecule has 0 radical (unpaired) electrons. The van der Waals surface area contributed by atoms with Crippen LogP contribution in [0.15, 0.2) is 36.4 Å². The van der Waals surface area contributed by atoms with Gasteiger partial charge in [-0.3, -0.25) is 9.59 Å². The highest BCUT2D eigenvalue weighted by atomic mass is 19.1. The van der Waals surface area contributed by atoms with Crippen molar-refractivity contribution in [2.24, 2.45) is 0 Å². The molecule has 1 aliphatic heterocycles. The molecular weight excluding hydrogens is 329 g/mol. The van der Waals surface area contributed by atoms with Crippen LogP contribution in [0.25, 0.3) is 0 Å². The van der Waals surface area contributed by atoms with Crippen LogP contribution in [-0.4, -0.2) is 31.0 Å². The number of anilines is 1. The van der Waals surface area contributed by atoms with E-state index in [2.05, 4.69) is 5.32 Å². The number of methoxy groups -OCH3 is 2. The van der Waals surface area contributed by atoms with Gasteiger partial charge in [0.05, 0.1) is 20.6 Å². The summed E-state index contributed by atoms with van der Waals surface area (Å²) in [5.74, 6) is -1.06. The van der Waals surface area contributed by atoms with E-state index in [-0.39, 0.29) is 16.8 Å². The van der Waals surface area contributed by atoms with Crippen molar-refractivity contribution in [3.05, 3.63) is 53.3 Å². The molecule has 1 amide bonds. The molecule has 2 aromatic carbocycles. The average Bonchev–Trinajstić information content (AvgIpc) is 2.84. The highest BCUT2D eigenvalue weighted by molar-refractivity contribution is 6.09. The third kappa shape index (κ3) is 2.83. The van der Waals surface area contributed by atoms with Gasteiger partial charge < -0.3 is 19.9 Å². The second kappa shape index (κ2) is 6.18. The van der Waals surface area contributed by atoms with Gasteiger partial charge in [0.25, 0.3) is 5.91 Å². The van der Waals surface area contributed by atoms with E-state index in [1.807, 2.05) is 0 Å². The van der Waals surface area contributed by atoms with Crippen molar-refractivity contribution in [1.29, 1.82) is 0 Å². The molecule has 3 rings (SSSR count). The van der Waals surface area contributed by atoms with Crippen LogP contribution in [0.3, 0.4) is 0 Å². The van der Waals surface area contributed by atoms with E-state index in [1.165, 1.54) is 38.5 Å². The van der Waals surface area contributed by atoms with Crippen molar-refractivity contribution in [3.8, 4) is 11.5 Å². The summed E-state index contributed by atoms with van der Waals surface area (Å²) in [6.45, 7) is 0. The smallest absolute Gasteiger partial charge is 0.261 e. The molecule has 6 nitrogen and oxygen atoms in total. The van der Waals surface area contributed by atoms with Gasteiger partial charge in [-0.05, 0) is 36.4 Å². The molecule has 25 heavy (non-hydrogen) atoms. The summed E-state index contributed by atoms with van der Waals surface area (Å²) in [6.07, 6.45) is -0.523. The standard InChI is InChI=1S/C18H16FNO5/c1-24-15-6-3-10(7-16(15)25-2)14(21)9-18(23)12-8-11(19)4-5-13(12)20-17(18)22/h3-8,23H,9H2,1-2H3,(H,20,22)/t18-/m1/s1. The van der Waals surface area contributed by atoms with Crippen LogP contribution in [0.1, 0.15) is 22.3 Å². The van der Waals surface area contributed by atoms with Gasteiger partial charge in [0.2, 0.25) is 0 Å². The van der Waals surface area contributed by atoms with E-state index in [1.54, 1.807) is 6.07 Å². The maximum atomic E-state index is 13.5. The summed E-state index contributed by atoms with van der Waals surface area (Å²) in [7, 11) is 2.90. The molecule has 0 unspecified atom stereocenters. The lowest BCUT2D eigenvalue weighted by Crippen LogP contribution is -2.36. The molecule has 1 aliphatic rings. The first-order chi connectivity index (χ1) is 11.9. The second-order valence-corrected chi connectivity index (χ2v) is 5.67. The summed E-state index contributed by atoms with van der Waals surface area (Å²) in [6, 6.07) is 8.09. The minimum absolute atomic E-state index is 0.0475. The van der Waals surface area contributed by atoms with Crippen LogP contribution in [0.2, 0.25) is 0 Å². The fourth-order valence-corrected chi connectivity index (χ4v) is 2.84. The van der Waals surface area contributed by atoms with Gasteiger partial charge in [0.15, 0.2) is 22.9 Å². The molecule has 0 spiro atoms. The molecule has 0 fully saturated rings. The van der Waals surface area contributed by atoms with Crippen molar-refractivity contribution >= 4 is 17.4 Å². The summed E-state index contributed by atoms with van der Waals surface area (Å²) < 4.78 is 23.8. The van der Waals surface area contributed by atoms with Crippen LogP contribution in [-0.2, 0) is 10.4 Å². The minimum Gasteiger partial charge on any atom is -0.493 e. The molecule has 0 aliphatic carbocycles. The van der Waals surface area contributed by atoms with Crippen LogP contribution in [0.4, 0.5) is 10.1 Å². The number of Topliss-reactive ketones (excluding diaryl/α,β-unsaturated/α-hetero) is 1. The lowest BCUT2D eigenvalue weighted by molar-refractivity contribution is -0.133. The number of aliphatic hydroxyl groups is 1. The normalized spacial score (nSPS) is 18.5. The van der Waals surface area contributed by atoms with Crippen molar-refractivity contribution in [3.63, 3.8) is 0 Å². The molecule has 1 heterocycles. The lowest BCUT2D eigenvalue weighted by Gasteiger charge is -2.20. The number of carbonyl (C=O) groups excluding carboxylic acids is 2. The number of hydrogen-bond donors (Lipinski definition) is 2. The zero-order chi connectivity index (χ0) is 18.2. The summed E-state index contributed by atoms with van der Waals surface area (Å²) in [5.41, 5.74) is -1.55. The predicted molar refractivity (Wildman–Crippen MR) is 87.4 cm³/mol. The monoisotopic (exact) mass is 345 g/mol. The van der Waals surface area contributed by atoms with Crippen molar-refractivity contribution in [2.45, 2.75) is 12.0 Å². The van der Waals surface area contributed by atoms with Gasteiger partial charge in [0, 0.05) is 16.8 Å². The zero-order valence-electron chi connectivity index (χ0n) is 13.6. The number of rotatable bonds is 5. The maximum absolute atomic E-state index is 13.5. The lowest BCUT2D eigenvalue weighted by atomic mass is 9.88. The molecular formula is C18H16FNO5. The topological polar surface area (TPSA) is 84.9 Å². The molecule has 0 saturated carbocycles. The van der Waals surface area contributed by atoms with Gasteiger partial charge >= 0.3 is 0 Å². The van der Waals surface area contributed by atoms with Crippen LogP contribution < -0.4 is 14.8 Å². The Morgan fingerprint density at radius 2 is 1.88 bits per heavy atom. The predicted octanol–water partition coefficient (Wildman–Crippen LogP) is 2.26. The first kappa shape index (κ1) is 16.9. The van der Waals surface area contributed by atoms with E-state index >= 15 is 0 Å². The number of ether oxygens (including phenoxy) is 2. The van der Waals surface area contributed by atoms with Crippen molar-refractivity contribution < 1.29 is 28.6 Å². The van der Waals surface area contributed by atoms with E-state index in [0.717, 1.165) is 6.07 Å². The Hall–Kier alpha value is -2.93. The summed E-state index contributed by atoms with van der Waals surface area (Å²) in [5, 5.41) is 13.2. The number of halogens is 1. The molecule has 2 aromatic rings. The van der Waals surface area contributed by atoms with Gasteiger partial charge in [-0.2, -0.15) is 0 Å². The molecule has 0 aromatic heterocycles. The molecule has 0 saturated heterocycles. The van der Waals surface area contributed by atoms with Crippen LogP contribution >= 0.6 is 0 Å². The maximum Gasteiger partial charge on any atom is 0.261 e. The van der Waals surface area contributed by atoms with Gasteiger partial charge in [-0.1, -0.05) is 0 Å². The number of ketones is 1. The van der Waals surface area contributed by atoms with Crippen LogP contribution in [0, 0.1) is 5.82 Å². The minimum atomic E-state index is -2.12. The fraction of sp³-hybridized carbons (Fsp3) is 0.222. The number of fused-ring (bicyclic) bond motifs is 1. The molecule has 130 valence electrons. The molecule has 2 N–H and O–H groups in total. The van der Waals surface area contributed by atoms with E-state index in [4.69, 9.17) is 9.47 Å². The Balaban J connectivity index is 1.93. The van der Waals surface area contributed by atoms with E-state index < -0.39 is 29.5 Å². The first-order valence-corrected chi connectivity index (χ1v) is 7.48. The second-order valence-electron chi connectivity index (χ2n) is 5.67. The number of benzene rings is 2. The molecule has 0 bridgehead atoms. The molecule has 1 atom stereocenters. The Labute approximate surface area is 143 Å². The SMILES string of the molecule is COc1ccc(C(=O)C[C@]2(O)C(=O)Nc3ccc(F)cc32)cc1OC. The largest absolute Gasteiger partial charge is 0.493 e. The van der Waals surface area contributed by atoms with Crippen molar-refractivity contribution in [1.82, 2.24) is 0 Å². The summed E-state index contributed by atoms with van der Waals surface area (Å²) in [4.78, 5) is 24.8. The highest BCUT2D eigenvalue weighted by Crippen LogP contribution is 2.39. The molecule has 7 heteroatoms. The third-order valence-corrected chi connectivity index (χ3v) is 4.17. The van der Waals surface area contributed by atoms with E-state index in [9.17, 15) is 19.1 Å².